The van der Waals surface area contributed by atoms with E-state index in [1.807, 2.05) is 24.3 Å². The van der Waals surface area contributed by atoms with Gasteiger partial charge in [0.15, 0.2) is 0 Å². The molecule has 1 aromatic carbocycles. The van der Waals surface area contributed by atoms with E-state index in [1.165, 1.54) is 0 Å². The minimum Gasteiger partial charge on any atom is -0.480 e. The molecule has 0 saturated heterocycles. The van der Waals surface area contributed by atoms with Crippen molar-refractivity contribution in [2.75, 3.05) is 5.32 Å². The Kier molecular flexibility index (Phi) is 4.11. The van der Waals surface area contributed by atoms with Gasteiger partial charge in [0.2, 0.25) is 5.91 Å². The van der Waals surface area contributed by atoms with Crippen molar-refractivity contribution < 1.29 is 14.7 Å². The highest BCUT2D eigenvalue weighted by Crippen LogP contribution is 2.41. The summed E-state index contributed by atoms with van der Waals surface area (Å²) in [6.45, 7) is 2.02. The van der Waals surface area contributed by atoms with Crippen LogP contribution in [0.1, 0.15) is 39.0 Å². The third-order valence-corrected chi connectivity index (χ3v) is 5.05. The quantitative estimate of drug-likeness (QED) is 0.885. The second kappa shape index (κ2) is 6.07. The highest BCUT2D eigenvalue weighted by molar-refractivity contribution is 5.97. The summed E-state index contributed by atoms with van der Waals surface area (Å²) in [5.74, 6) is -0.757. The summed E-state index contributed by atoms with van der Waals surface area (Å²) in [5.41, 5.74) is 1.41. The molecule has 1 amide bonds. The second-order valence-electron chi connectivity index (χ2n) is 6.41. The highest BCUT2D eigenvalue weighted by Gasteiger charge is 2.39. The first-order valence-corrected chi connectivity index (χ1v) is 8.16. The minimum atomic E-state index is -0.869. The zero-order valence-electron chi connectivity index (χ0n) is 13.3. The van der Waals surface area contributed by atoms with Crippen molar-refractivity contribution in [3.63, 3.8) is 0 Å². The smallest absolute Gasteiger partial charge is 0.323 e. The number of carbonyl (C=O) groups excluding carboxylic acids is 1. The Labute approximate surface area is 135 Å². The van der Waals surface area contributed by atoms with E-state index < -0.39 is 5.97 Å². The van der Waals surface area contributed by atoms with Gasteiger partial charge >= 0.3 is 5.97 Å². The van der Waals surface area contributed by atoms with Crippen LogP contribution in [0.15, 0.2) is 30.5 Å². The number of carbonyl (C=O) groups is 2. The van der Waals surface area contributed by atoms with E-state index >= 15 is 0 Å². The number of rotatable bonds is 5. The van der Waals surface area contributed by atoms with E-state index in [0.717, 1.165) is 48.7 Å². The number of hydrogen-bond donors (Lipinski definition) is 2. The number of aromatic nitrogens is 1. The summed E-state index contributed by atoms with van der Waals surface area (Å²) >= 11 is 0. The van der Waals surface area contributed by atoms with E-state index in [2.05, 4.69) is 12.2 Å². The molecular formula is C18H22N2O3. The second-order valence-corrected chi connectivity index (χ2v) is 6.41. The molecule has 2 aromatic rings. The fourth-order valence-corrected chi connectivity index (χ4v) is 3.62. The van der Waals surface area contributed by atoms with Gasteiger partial charge in [0.25, 0.3) is 0 Å². The summed E-state index contributed by atoms with van der Waals surface area (Å²) in [7, 11) is 0. The molecule has 1 fully saturated rings. The SMILES string of the molecule is CCC1(C(=O)Nc2ccc3c(ccn3CC(=O)O)c2)CCCC1. The molecule has 3 rings (SSSR count). The van der Waals surface area contributed by atoms with E-state index in [4.69, 9.17) is 5.11 Å². The van der Waals surface area contributed by atoms with E-state index in [0.29, 0.717) is 0 Å². The predicted octanol–water partition coefficient (Wildman–Crippen LogP) is 3.63. The van der Waals surface area contributed by atoms with Gasteiger partial charge < -0.3 is 15.0 Å². The number of anilines is 1. The number of amides is 1. The number of benzene rings is 1. The lowest BCUT2D eigenvalue weighted by atomic mass is 9.82. The van der Waals surface area contributed by atoms with Crippen LogP contribution in [0.25, 0.3) is 10.9 Å². The van der Waals surface area contributed by atoms with Crippen LogP contribution in [0.5, 0.6) is 0 Å². The van der Waals surface area contributed by atoms with Crippen molar-refractivity contribution >= 4 is 28.5 Å². The van der Waals surface area contributed by atoms with Crippen LogP contribution >= 0.6 is 0 Å². The van der Waals surface area contributed by atoms with E-state index in [9.17, 15) is 9.59 Å². The monoisotopic (exact) mass is 314 g/mol. The molecular weight excluding hydrogens is 292 g/mol. The van der Waals surface area contributed by atoms with Crippen molar-refractivity contribution in [1.29, 1.82) is 0 Å². The third-order valence-electron chi connectivity index (χ3n) is 5.05. The standard InChI is InChI=1S/C18H22N2O3/c1-2-18(8-3-4-9-18)17(23)19-14-5-6-15-13(11-14)7-10-20(15)12-16(21)22/h5-7,10-11H,2-4,8-9,12H2,1H3,(H,19,23)(H,21,22). The number of fused-ring (bicyclic) bond motifs is 1. The van der Waals surface area contributed by atoms with Gasteiger partial charge in [-0.3, -0.25) is 9.59 Å². The lowest BCUT2D eigenvalue weighted by Gasteiger charge is -2.26. The van der Waals surface area contributed by atoms with Crippen molar-refractivity contribution in [3.8, 4) is 0 Å². The van der Waals surface area contributed by atoms with Crippen molar-refractivity contribution in [1.82, 2.24) is 4.57 Å². The largest absolute Gasteiger partial charge is 0.480 e. The Morgan fingerprint density at radius 1 is 1.26 bits per heavy atom. The summed E-state index contributed by atoms with van der Waals surface area (Å²) in [5, 5.41) is 12.9. The van der Waals surface area contributed by atoms with Gasteiger partial charge in [-0.15, -0.1) is 0 Å². The molecule has 0 radical (unpaired) electrons. The van der Waals surface area contributed by atoms with Gasteiger partial charge in [-0.1, -0.05) is 19.8 Å². The normalized spacial score (nSPS) is 16.6. The Morgan fingerprint density at radius 3 is 2.65 bits per heavy atom. The number of aliphatic carboxylic acids is 1. The average Bonchev–Trinajstić information content (AvgIpc) is 3.15. The van der Waals surface area contributed by atoms with Crippen LogP contribution in [0.4, 0.5) is 5.69 Å². The maximum atomic E-state index is 12.7. The van der Waals surface area contributed by atoms with Crippen LogP contribution in [0.2, 0.25) is 0 Å². The van der Waals surface area contributed by atoms with Gasteiger partial charge in [-0.25, -0.2) is 0 Å². The van der Waals surface area contributed by atoms with Gasteiger partial charge in [0.1, 0.15) is 6.54 Å². The Bertz CT molecular complexity index is 742. The number of nitrogens with zero attached hydrogens (tertiary/aromatic N) is 1. The third kappa shape index (κ3) is 2.96. The number of hydrogen-bond acceptors (Lipinski definition) is 2. The van der Waals surface area contributed by atoms with Crippen LogP contribution in [0.3, 0.4) is 0 Å². The first-order valence-electron chi connectivity index (χ1n) is 8.16. The molecule has 5 heteroatoms. The fourth-order valence-electron chi connectivity index (χ4n) is 3.62. The first kappa shape index (κ1) is 15.6. The maximum absolute atomic E-state index is 12.7. The highest BCUT2D eigenvalue weighted by atomic mass is 16.4. The van der Waals surface area contributed by atoms with Crippen LogP contribution in [-0.2, 0) is 16.1 Å². The Morgan fingerprint density at radius 2 is 2.00 bits per heavy atom. The van der Waals surface area contributed by atoms with Crippen LogP contribution in [-0.4, -0.2) is 21.6 Å². The van der Waals surface area contributed by atoms with Gasteiger partial charge in [0.05, 0.1) is 0 Å². The molecule has 0 spiro atoms. The van der Waals surface area contributed by atoms with Gasteiger partial charge in [-0.05, 0) is 43.5 Å². The lowest BCUT2D eigenvalue weighted by Crippen LogP contribution is -2.33. The van der Waals surface area contributed by atoms with E-state index in [-0.39, 0.29) is 17.9 Å². The predicted molar refractivity (Wildman–Crippen MR) is 89.4 cm³/mol. The lowest BCUT2D eigenvalue weighted by molar-refractivity contribution is -0.137. The molecule has 0 atom stereocenters. The summed E-state index contributed by atoms with van der Waals surface area (Å²) in [6.07, 6.45) is 6.81. The van der Waals surface area contributed by atoms with Crippen molar-refractivity contribution in [3.05, 3.63) is 30.5 Å². The molecule has 1 aliphatic rings. The average molecular weight is 314 g/mol. The molecule has 1 aliphatic carbocycles. The molecule has 0 unspecified atom stereocenters. The van der Waals surface area contributed by atoms with Crippen molar-refractivity contribution in [2.45, 2.75) is 45.6 Å². The molecule has 2 N–H and O–H groups in total. The first-order chi connectivity index (χ1) is 11.0. The maximum Gasteiger partial charge on any atom is 0.323 e. The molecule has 1 aromatic heterocycles. The number of carboxylic acid groups (broad SMARTS) is 1. The van der Waals surface area contributed by atoms with Gasteiger partial charge in [0, 0.05) is 28.2 Å². The number of nitrogens with one attached hydrogen (secondary N) is 1. The van der Waals surface area contributed by atoms with Crippen LogP contribution in [0, 0.1) is 5.41 Å². The summed E-state index contributed by atoms with van der Waals surface area (Å²) in [4.78, 5) is 23.5. The molecule has 5 nitrogen and oxygen atoms in total. The summed E-state index contributed by atoms with van der Waals surface area (Å²) in [6, 6.07) is 7.49. The van der Waals surface area contributed by atoms with E-state index in [1.54, 1.807) is 10.8 Å². The summed E-state index contributed by atoms with van der Waals surface area (Å²) < 4.78 is 1.69. The Hall–Kier alpha value is -2.30. The van der Waals surface area contributed by atoms with Gasteiger partial charge in [-0.2, -0.15) is 0 Å². The van der Waals surface area contributed by atoms with Crippen LogP contribution < -0.4 is 5.32 Å². The molecule has 0 bridgehead atoms. The zero-order valence-corrected chi connectivity index (χ0v) is 13.3. The Balaban J connectivity index is 1.81. The van der Waals surface area contributed by atoms with Crippen molar-refractivity contribution in [2.24, 2.45) is 5.41 Å². The molecule has 1 heterocycles. The number of carboxylic acids is 1. The molecule has 122 valence electrons. The zero-order chi connectivity index (χ0) is 16.4. The fraction of sp³-hybridized carbons (Fsp3) is 0.444. The topological polar surface area (TPSA) is 71.3 Å². The molecule has 23 heavy (non-hydrogen) atoms. The molecule has 1 saturated carbocycles. The minimum absolute atomic E-state index is 0.0614. The molecule has 0 aliphatic heterocycles.